The van der Waals surface area contributed by atoms with Gasteiger partial charge in [-0.3, -0.25) is 9.59 Å². The Kier molecular flexibility index (Phi) is 5.58. The van der Waals surface area contributed by atoms with Crippen molar-refractivity contribution in [2.45, 2.75) is 45.9 Å². The van der Waals surface area contributed by atoms with E-state index in [0.717, 1.165) is 5.56 Å². The van der Waals surface area contributed by atoms with Crippen molar-refractivity contribution in [2.24, 2.45) is 0 Å². The summed E-state index contributed by atoms with van der Waals surface area (Å²) in [6, 6.07) is 7.03. The third kappa shape index (κ3) is 4.92. The van der Waals surface area contributed by atoms with Crippen molar-refractivity contribution in [2.75, 3.05) is 11.9 Å². The quantitative estimate of drug-likeness (QED) is 0.731. The number of anilines is 1. The molecule has 0 fully saturated rings. The first-order valence-corrected chi connectivity index (χ1v) is 9.36. The molecule has 0 saturated carbocycles. The zero-order valence-corrected chi connectivity index (χ0v) is 16.9. The smallest absolute Gasteiger partial charge is 0.407 e. The van der Waals surface area contributed by atoms with Crippen molar-refractivity contribution < 1.29 is 19.1 Å². The molecule has 1 aliphatic rings. The fraction of sp³-hybridized carbons (Fsp3) is 0.400. The molecule has 154 valence electrons. The molecule has 0 spiro atoms. The number of amides is 3. The lowest BCUT2D eigenvalue weighted by atomic mass is 10.1. The van der Waals surface area contributed by atoms with Crippen molar-refractivity contribution in [3.63, 3.8) is 0 Å². The van der Waals surface area contributed by atoms with Crippen LogP contribution in [0.1, 0.15) is 60.3 Å². The van der Waals surface area contributed by atoms with Crippen LogP contribution in [0.3, 0.4) is 0 Å². The summed E-state index contributed by atoms with van der Waals surface area (Å²) in [5.74, 6) is -0.767. The van der Waals surface area contributed by atoms with Gasteiger partial charge in [-0.05, 0) is 45.4 Å². The molecule has 29 heavy (non-hydrogen) atoms. The number of rotatable bonds is 4. The molecule has 2 heterocycles. The highest BCUT2D eigenvalue weighted by Gasteiger charge is 2.29. The molecule has 1 aliphatic heterocycles. The number of nitrogens with one attached hydrogen (secondary N) is 3. The number of benzene rings is 1. The zero-order valence-electron chi connectivity index (χ0n) is 16.9. The monoisotopic (exact) mass is 399 g/mol. The lowest BCUT2D eigenvalue weighted by Crippen LogP contribution is -2.38. The van der Waals surface area contributed by atoms with Gasteiger partial charge in [0.15, 0.2) is 5.69 Å². The molecule has 0 unspecified atom stereocenters. The number of carbonyl (C=O) groups excluding carboxylic acids is 3. The predicted octanol–water partition coefficient (Wildman–Crippen LogP) is 2.46. The molecule has 3 amide bonds. The van der Waals surface area contributed by atoms with Crippen molar-refractivity contribution >= 4 is 23.6 Å². The van der Waals surface area contributed by atoms with Gasteiger partial charge in [0.1, 0.15) is 11.3 Å². The van der Waals surface area contributed by atoms with Gasteiger partial charge in [-0.15, -0.1) is 0 Å². The van der Waals surface area contributed by atoms with Crippen LogP contribution < -0.4 is 16.0 Å². The summed E-state index contributed by atoms with van der Waals surface area (Å²) in [7, 11) is 0. The predicted molar refractivity (Wildman–Crippen MR) is 107 cm³/mol. The molecular formula is C20H25N5O4. The molecule has 0 radical (unpaired) electrons. The summed E-state index contributed by atoms with van der Waals surface area (Å²) in [6.07, 6.45) is 1.02. The van der Waals surface area contributed by atoms with E-state index in [1.807, 2.05) is 6.92 Å². The van der Waals surface area contributed by atoms with E-state index in [2.05, 4.69) is 20.9 Å². The highest BCUT2D eigenvalue weighted by Crippen LogP contribution is 2.19. The molecule has 0 bridgehead atoms. The average molecular weight is 399 g/mol. The minimum Gasteiger partial charge on any atom is -0.444 e. The van der Waals surface area contributed by atoms with Crippen LogP contribution in [0.15, 0.2) is 30.6 Å². The summed E-state index contributed by atoms with van der Waals surface area (Å²) < 4.78 is 6.90. The lowest BCUT2D eigenvalue weighted by Gasteiger charge is -2.22. The molecular weight excluding hydrogens is 374 g/mol. The molecule has 9 heteroatoms. The molecule has 1 aromatic heterocycles. The first-order valence-electron chi connectivity index (χ1n) is 9.36. The first-order chi connectivity index (χ1) is 13.6. The van der Waals surface area contributed by atoms with Crippen LogP contribution in [0.25, 0.3) is 0 Å². The number of imidazole rings is 1. The van der Waals surface area contributed by atoms with Gasteiger partial charge in [-0.2, -0.15) is 0 Å². The molecule has 1 atom stereocenters. The number of alkyl carbamates (subject to hydrolysis) is 1. The largest absolute Gasteiger partial charge is 0.444 e. The fourth-order valence-corrected chi connectivity index (χ4v) is 2.89. The van der Waals surface area contributed by atoms with Gasteiger partial charge in [0.05, 0.1) is 6.33 Å². The van der Waals surface area contributed by atoms with Crippen LogP contribution in [0, 0.1) is 0 Å². The van der Waals surface area contributed by atoms with E-state index in [4.69, 9.17) is 4.74 Å². The number of nitrogens with zero attached hydrogens (tertiary/aromatic N) is 2. The number of hydrogen-bond acceptors (Lipinski definition) is 5. The van der Waals surface area contributed by atoms with Gasteiger partial charge in [0, 0.05) is 24.8 Å². The second-order valence-corrected chi connectivity index (χ2v) is 7.91. The second-order valence-electron chi connectivity index (χ2n) is 7.91. The highest BCUT2D eigenvalue weighted by molar-refractivity contribution is 6.10. The van der Waals surface area contributed by atoms with Crippen LogP contribution in [0.5, 0.6) is 0 Å². The van der Waals surface area contributed by atoms with Crippen molar-refractivity contribution in [3.05, 3.63) is 47.5 Å². The number of ether oxygens (including phenoxy) is 1. The maximum Gasteiger partial charge on any atom is 0.407 e. The van der Waals surface area contributed by atoms with Gasteiger partial charge in [0.2, 0.25) is 0 Å². The van der Waals surface area contributed by atoms with Crippen LogP contribution in [-0.4, -0.2) is 39.6 Å². The van der Waals surface area contributed by atoms with Gasteiger partial charge in [0.25, 0.3) is 11.8 Å². The zero-order chi connectivity index (χ0) is 21.2. The molecule has 1 aromatic carbocycles. The van der Waals surface area contributed by atoms with E-state index in [1.54, 1.807) is 49.6 Å². The number of hydrogen-bond donors (Lipinski definition) is 3. The first kappa shape index (κ1) is 20.4. The van der Waals surface area contributed by atoms with Gasteiger partial charge < -0.3 is 25.3 Å². The Morgan fingerprint density at radius 3 is 2.62 bits per heavy atom. The Labute approximate surface area is 168 Å². The Balaban J connectivity index is 1.61. The SMILES string of the molecule is C[C@H]1CNC(=O)c2c(C(=O)Nc3ccc(CNC(=O)OC(C)(C)C)cc3)ncn21. The standard InChI is InChI=1S/C20H25N5O4/c1-12-9-21-18(27)16-15(23-11-25(12)16)17(26)24-14-7-5-13(6-8-14)10-22-19(28)29-20(2,3)4/h5-8,11-12H,9-10H2,1-4H3,(H,21,27)(H,22,28)(H,24,26)/t12-/m0/s1. The minimum absolute atomic E-state index is 0.0357. The molecule has 0 aliphatic carbocycles. The highest BCUT2D eigenvalue weighted by atomic mass is 16.6. The van der Waals surface area contributed by atoms with Gasteiger partial charge >= 0.3 is 6.09 Å². The number of fused-ring (bicyclic) bond motifs is 1. The summed E-state index contributed by atoms with van der Waals surface area (Å²) in [4.78, 5) is 40.6. The fourth-order valence-electron chi connectivity index (χ4n) is 2.89. The third-order valence-corrected chi connectivity index (χ3v) is 4.30. The number of aromatic nitrogens is 2. The van der Waals surface area contributed by atoms with E-state index in [0.29, 0.717) is 18.8 Å². The maximum absolute atomic E-state index is 12.6. The Morgan fingerprint density at radius 1 is 1.28 bits per heavy atom. The summed E-state index contributed by atoms with van der Waals surface area (Å²) in [6.45, 7) is 8.14. The second kappa shape index (κ2) is 7.94. The van der Waals surface area contributed by atoms with Crippen molar-refractivity contribution in [1.29, 1.82) is 0 Å². The topological polar surface area (TPSA) is 114 Å². The Hall–Kier alpha value is -3.36. The normalized spacial score (nSPS) is 15.9. The molecule has 3 N–H and O–H groups in total. The van der Waals surface area contributed by atoms with Gasteiger partial charge in [-0.1, -0.05) is 12.1 Å². The van der Waals surface area contributed by atoms with Crippen molar-refractivity contribution in [3.8, 4) is 0 Å². The molecule has 0 saturated heterocycles. The van der Waals surface area contributed by atoms with E-state index in [1.165, 1.54) is 6.33 Å². The van der Waals surface area contributed by atoms with E-state index >= 15 is 0 Å². The number of carbonyl (C=O) groups is 3. The maximum atomic E-state index is 12.6. The lowest BCUT2D eigenvalue weighted by molar-refractivity contribution is 0.0523. The van der Waals surface area contributed by atoms with Crippen LogP contribution in [0.2, 0.25) is 0 Å². The summed E-state index contributed by atoms with van der Waals surface area (Å²) in [5.41, 5.74) is 1.20. The van der Waals surface area contributed by atoms with E-state index < -0.39 is 17.6 Å². The molecule has 3 rings (SSSR count). The van der Waals surface area contributed by atoms with Crippen LogP contribution >= 0.6 is 0 Å². The Morgan fingerprint density at radius 2 is 1.97 bits per heavy atom. The molecule has 9 nitrogen and oxygen atoms in total. The van der Waals surface area contributed by atoms with Crippen LogP contribution in [-0.2, 0) is 11.3 Å². The third-order valence-electron chi connectivity index (χ3n) is 4.30. The summed E-state index contributed by atoms with van der Waals surface area (Å²) >= 11 is 0. The summed E-state index contributed by atoms with van der Waals surface area (Å²) in [5, 5.41) is 8.18. The average Bonchev–Trinajstić information content (AvgIpc) is 3.09. The Bertz CT molecular complexity index is 927. The van der Waals surface area contributed by atoms with Crippen molar-refractivity contribution in [1.82, 2.24) is 20.2 Å². The van der Waals surface area contributed by atoms with Gasteiger partial charge in [-0.25, -0.2) is 9.78 Å². The van der Waals surface area contributed by atoms with E-state index in [-0.39, 0.29) is 23.3 Å². The molecule has 2 aromatic rings. The van der Waals surface area contributed by atoms with E-state index in [9.17, 15) is 14.4 Å². The van der Waals surface area contributed by atoms with Crippen LogP contribution in [0.4, 0.5) is 10.5 Å². The minimum atomic E-state index is -0.556.